The van der Waals surface area contributed by atoms with Crippen molar-refractivity contribution in [2.24, 2.45) is 0 Å². The second-order valence-electron chi connectivity index (χ2n) is 8.03. The van der Waals surface area contributed by atoms with Crippen LogP contribution >= 0.6 is 0 Å². The number of nitrogens with one attached hydrogen (secondary N) is 1. The molecule has 162 valence electrons. The zero-order valence-corrected chi connectivity index (χ0v) is 18.4. The van der Waals surface area contributed by atoms with Crippen LogP contribution in [0.15, 0.2) is 79.4 Å². The van der Waals surface area contributed by atoms with Crippen LogP contribution in [0.5, 0.6) is 0 Å². The van der Waals surface area contributed by atoms with Crippen molar-refractivity contribution in [2.45, 2.75) is 20.4 Å². The minimum absolute atomic E-state index is 0.258. The maximum atomic E-state index is 13.3. The molecule has 0 unspecified atom stereocenters. The number of carbonyl (C=O) groups excluding carboxylic acids is 1. The summed E-state index contributed by atoms with van der Waals surface area (Å²) in [5, 5.41) is 8.04. The normalized spacial score (nSPS) is 11.0. The number of hydrogen-bond donors (Lipinski definition) is 1. The number of pyridine rings is 2. The summed E-state index contributed by atoms with van der Waals surface area (Å²) in [6, 6.07) is 19.6. The summed E-state index contributed by atoms with van der Waals surface area (Å²) in [5.41, 5.74) is 6.13. The lowest BCUT2D eigenvalue weighted by molar-refractivity contribution is 0.102. The number of rotatable bonds is 5. The molecule has 7 nitrogen and oxygen atoms in total. The highest BCUT2D eigenvalue weighted by Gasteiger charge is 2.16. The quantitative estimate of drug-likeness (QED) is 0.429. The van der Waals surface area contributed by atoms with E-state index in [0.717, 1.165) is 27.6 Å². The lowest BCUT2D eigenvalue weighted by Crippen LogP contribution is -2.14. The minimum atomic E-state index is -0.286. The van der Waals surface area contributed by atoms with E-state index in [1.54, 1.807) is 29.5 Å². The van der Waals surface area contributed by atoms with Gasteiger partial charge in [-0.05, 0) is 49.7 Å². The van der Waals surface area contributed by atoms with E-state index in [9.17, 15) is 4.79 Å². The molecule has 5 aromatic rings. The number of anilines is 1. The number of aryl methyl sites for hydroxylation is 2. The summed E-state index contributed by atoms with van der Waals surface area (Å²) in [7, 11) is 0. The van der Waals surface area contributed by atoms with Crippen LogP contribution in [0.25, 0.3) is 22.2 Å². The molecule has 1 amide bonds. The number of hydrogen-bond acceptors (Lipinski definition) is 5. The summed E-state index contributed by atoms with van der Waals surface area (Å²) in [4.78, 5) is 26.5. The Morgan fingerprint density at radius 3 is 2.70 bits per heavy atom. The van der Waals surface area contributed by atoms with Gasteiger partial charge in [-0.2, -0.15) is 0 Å². The predicted molar refractivity (Wildman–Crippen MR) is 128 cm³/mol. The van der Waals surface area contributed by atoms with Crippen LogP contribution in [0.2, 0.25) is 0 Å². The molecule has 0 atom stereocenters. The van der Waals surface area contributed by atoms with E-state index in [1.165, 1.54) is 5.56 Å². The lowest BCUT2D eigenvalue weighted by atomic mass is 10.0. The van der Waals surface area contributed by atoms with Gasteiger partial charge in [-0.1, -0.05) is 41.5 Å². The second kappa shape index (κ2) is 8.63. The third kappa shape index (κ3) is 4.48. The first-order valence-electron chi connectivity index (χ1n) is 10.6. The monoisotopic (exact) mass is 434 g/mol. The van der Waals surface area contributed by atoms with Gasteiger partial charge in [-0.25, -0.2) is 14.6 Å². The van der Waals surface area contributed by atoms with Crippen molar-refractivity contribution in [2.75, 3.05) is 5.32 Å². The molecule has 1 N–H and O–H groups in total. The van der Waals surface area contributed by atoms with Crippen molar-refractivity contribution >= 4 is 22.8 Å². The molecule has 0 aliphatic rings. The molecule has 3 heterocycles. The fourth-order valence-corrected chi connectivity index (χ4v) is 3.78. The minimum Gasteiger partial charge on any atom is -0.289 e. The van der Waals surface area contributed by atoms with E-state index in [-0.39, 0.29) is 11.9 Å². The van der Waals surface area contributed by atoms with Gasteiger partial charge < -0.3 is 0 Å². The molecule has 33 heavy (non-hydrogen) atoms. The third-order valence-corrected chi connectivity index (χ3v) is 5.35. The SMILES string of the molecule is Cc1cccc(Cn2cnc(NC(=O)c3cc(-c4cccnc4)nc4ccc(C)cc34)n2)c1. The summed E-state index contributed by atoms with van der Waals surface area (Å²) in [5.74, 6) is -0.0281. The Labute approximate surface area is 191 Å². The molecule has 0 radical (unpaired) electrons. The van der Waals surface area contributed by atoms with E-state index in [2.05, 4.69) is 39.4 Å². The molecule has 5 rings (SSSR count). The van der Waals surface area contributed by atoms with Crippen LogP contribution in [-0.2, 0) is 6.54 Å². The van der Waals surface area contributed by atoms with Crippen LogP contribution in [0, 0.1) is 13.8 Å². The highest BCUT2D eigenvalue weighted by atomic mass is 16.1. The van der Waals surface area contributed by atoms with Crippen LogP contribution in [0.3, 0.4) is 0 Å². The first-order chi connectivity index (χ1) is 16.0. The van der Waals surface area contributed by atoms with Crippen molar-refractivity contribution in [1.29, 1.82) is 0 Å². The van der Waals surface area contributed by atoms with Gasteiger partial charge >= 0.3 is 0 Å². The number of fused-ring (bicyclic) bond motifs is 1. The van der Waals surface area contributed by atoms with E-state index in [1.807, 2.05) is 49.4 Å². The standard InChI is InChI=1S/C26H22N6O/c1-17-5-3-6-19(11-17)15-32-16-28-26(31-32)30-25(33)22-13-24(20-7-4-10-27-14-20)29-23-9-8-18(2)12-21(22)23/h3-14,16H,15H2,1-2H3,(H,30,31,33). The first kappa shape index (κ1) is 20.5. The van der Waals surface area contributed by atoms with Gasteiger partial charge in [0.25, 0.3) is 5.91 Å². The summed E-state index contributed by atoms with van der Waals surface area (Å²) < 4.78 is 1.71. The Bertz CT molecular complexity index is 1460. The van der Waals surface area contributed by atoms with E-state index < -0.39 is 0 Å². The van der Waals surface area contributed by atoms with E-state index >= 15 is 0 Å². The zero-order chi connectivity index (χ0) is 22.8. The summed E-state index contributed by atoms with van der Waals surface area (Å²) in [6.45, 7) is 4.62. The Morgan fingerprint density at radius 1 is 1.00 bits per heavy atom. The molecule has 0 aliphatic carbocycles. The fraction of sp³-hybridized carbons (Fsp3) is 0.115. The molecule has 0 saturated heterocycles. The average molecular weight is 435 g/mol. The van der Waals surface area contributed by atoms with Crippen molar-refractivity contribution < 1.29 is 4.79 Å². The average Bonchev–Trinajstić information content (AvgIpc) is 3.25. The number of benzene rings is 2. The van der Waals surface area contributed by atoms with Crippen LogP contribution in [0.4, 0.5) is 5.95 Å². The van der Waals surface area contributed by atoms with Crippen LogP contribution in [-0.4, -0.2) is 30.6 Å². The zero-order valence-electron chi connectivity index (χ0n) is 18.4. The summed E-state index contributed by atoms with van der Waals surface area (Å²) >= 11 is 0. The topological polar surface area (TPSA) is 85.6 Å². The lowest BCUT2D eigenvalue weighted by Gasteiger charge is -2.10. The van der Waals surface area contributed by atoms with E-state index in [0.29, 0.717) is 17.8 Å². The number of carbonyl (C=O) groups is 1. The van der Waals surface area contributed by atoms with Crippen molar-refractivity contribution in [3.8, 4) is 11.3 Å². The molecule has 0 fully saturated rings. The molecular weight excluding hydrogens is 412 g/mol. The van der Waals surface area contributed by atoms with Crippen molar-refractivity contribution in [3.63, 3.8) is 0 Å². The van der Waals surface area contributed by atoms with Crippen molar-refractivity contribution in [1.82, 2.24) is 24.7 Å². The smallest absolute Gasteiger partial charge is 0.258 e. The fourth-order valence-electron chi connectivity index (χ4n) is 3.78. The van der Waals surface area contributed by atoms with Gasteiger partial charge in [-0.3, -0.25) is 15.1 Å². The van der Waals surface area contributed by atoms with Gasteiger partial charge in [0, 0.05) is 23.3 Å². The van der Waals surface area contributed by atoms with Gasteiger partial charge in [0.2, 0.25) is 5.95 Å². The maximum absolute atomic E-state index is 13.3. The molecule has 3 aromatic heterocycles. The van der Waals surface area contributed by atoms with Gasteiger partial charge in [-0.15, -0.1) is 5.10 Å². The Morgan fingerprint density at radius 2 is 1.88 bits per heavy atom. The van der Waals surface area contributed by atoms with Gasteiger partial charge in [0.15, 0.2) is 0 Å². The molecular formula is C26H22N6O. The highest BCUT2D eigenvalue weighted by Crippen LogP contribution is 2.26. The Balaban J connectivity index is 1.46. The Hall–Kier alpha value is -4.39. The number of nitrogens with zero attached hydrogens (tertiary/aromatic N) is 5. The molecule has 0 aliphatic heterocycles. The van der Waals surface area contributed by atoms with E-state index in [4.69, 9.17) is 4.98 Å². The van der Waals surface area contributed by atoms with Gasteiger partial charge in [0.05, 0.1) is 23.3 Å². The maximum Gasteiger partial charge on any atom is 0.258 e. The van der Waals surface area contributed by atoms with Crippen LogP contribution in [0.1, 0.15) is 27.0 Å². The second-order valence-corrected chi connectivity index (χ2v) is 8.03. The third-order valence-electron chi connectivity index (χ3n) is 5.35. The molecule has 0 bridgehead atoms. The summed E-state index contributed by atoms with van der Waals surface area (Å²) in [6.07, 6.45) is 5.06. The van der Waals surface area contributed by atoms with Crippen molar-refractivity contribution in [3.05, 3.63) is 102 Å². The molecule has 0 saturated carbocycles. The predicted octanol–water partition coefficient (Wildman–Crippen LogP) is 4.81. The molecule has 0 spiro atoms. The van der Waals surface area contributed by atoms with Crippen LogP contribution < -0.4 is 5.32 Å². The molecule has 2 aromatic carbocycles. The highest BCUT2D eigenvalue weighted by molar-refractivity contribution is 6.12. The number of amides is 1. The number of aromatic nitrogens is 5. The first-order valence-corrected chi connectivity index (χ1v) is 10.6. The largest absolute Gasteiger partial charge is 0.289 e. The van der Waals surface area contributed by atoms with Gasteiger partial charge in [0.1, 0.15) is 6.33 Å². The Kier molecular flexibility index (Phi) is 5.36. The molecule has 7 heteroatoms.